The van der Waals surface area contributed by atoms with Crippen LogP contribution in [0.1, 0.15) is 12.8 Å². The van der Waals surface area contributed by atoms with Gasteiger partial charge in [-0.3, -0.25) is 9.59 Å². The molecule has 0 aromatic heterocycles. The number of carbonyl (C=O) groups excluding carboxylic acids is 1. The average molecular weight is 344 g/mol. The standard InChI is InChI=1S/C19H24N2O4/c1-25-15-6-4-5-14(13-15)20-9-11-21(12-10-20)18(22)16-7-2-3-8-17(16)19(23)24/h2-6,13,16-17H,7-12H2,1H3,(H,23,24)/t16-,17+/m0/s1. The molecular weight excluding hydrogens is 320 g/mol. The van der Waals surface area contributed by atoms with Gasteiger partial charge in [0, 0.05) is 37.9 Å². The molecule has 2 aliphatic rings. The summed E-state index contributed by atoms with van der Waals surface area (Å²) < 4.78 is 5.27. The van der Waals surface area contributed by atoms with Gasteiger partial charge in [-0.05, 0) is 25.0 Å². The van der Waals surface area contributed by atoms with Crippen molar-refractivity contribution in [3.05, 3.63) is 36.4 Å². The minimum Gasteiger partial charge on any atom is -0.497 e. The highest BCUT2D eigenvalue weighted by atomic mass is 16.5. The van der Waals surface area contributed by atoms with Gasteiger partial charge in [0.2, 0.25) is 5.91 Å². The first-order valence-corrected chi connectivity index (χ1v) is 8.65. The molecule has 25 heavy (non-hydrogen) atoms. The molecule has 6 nitrogen and oxygen atoms in total. The van der Waals surface area contributed by atoms with Gasteiger partial charge in [0.25, 0.3) is 0 Å². The van der Waals surface area contributed by atoms with Crippen LogP contribution >= 0.6 is 0 Å². The summed E-state index contributed by atoms with van der Waals surface area (Å²) in [6.45, 7) is 2.70. The Hall–Kier alpha value is -2.50. The lowest BCUT2D eigenvalue weighted by molar-refractivity contribution is -0.150. The largest absolute Gasteiger partial charge is 0.497 e. The number of carboxylic acid groups (broad SMARTS) is 1. The van der Waals surface area contributed by atoms with Gasteiger partial charge >= 0.3 is 5.97 Å². The second kappa shape index (κ2) is 7.59. The summed E-state index contributed by atoms with van der Waals surface area (Å²) in [5.41, 5.74) is 1.08. The first-order chi connectivity index (χ1) is 12.1. The highest BCUT2D eigenvalue weighted by molar-refractivity contribution is 5.85. The molecule has 0 radical (unpaired) electrons. The van der Waals surface area contributed by atoms with Crippen molar-refractivity contribution < 1.29 is 19.4 Å². The summed E-state index contributed by atoms with van der Waals surface area (Å²) in [7, 11) is 1.65. The van der Waals surface area contributed by atoms with Crippen LogP contribution in [0.15, 0.2) is 36.4 Å². The molecule has 2 atom stereocenters. The van der Waals surface area contributed by atoms with E-state index in [1.54, 1.807) is 7.11 Å². The van der Waals surface area contributed by atoms with Gasteiger partial charge < -0.3 is 19.6 Å². The van der Waals surface area contributed by atoms with Gasteiger partial charge in [0.05, 0.1) is 18.9 Å². The van der Waals surface area contributed by atoms with Crippen molar-refractivity contribution in [3.63, 3.8) is 0 Å². The fraction of sp³-hybridized carbons (Fsp3) is 0.474. The van der Waals surface area contributed by atoms with Crippen LogP contribution in [0, 0.1) is 11.8 Å². The van der Waals surface area contributed by atoms with E-state index in [2.05, 4.69) is 4.90 Å². The fourth-order valence-electron chi connectivity index (χ4n) is 3.59. The third-order valence-electron chi connectivity index (χ3n) is 5.08. The minimum absolute atomic E-state index is 0.0259. The average Bonchev–Trinajstić information content (AvgIpc) is 2.67. The molecule has 0 bridgehead atoms. The van der Waals surface area contributed by atoms with Crippen LogP contribution in [0.4, 0.5) is 5.69 Å². The Morgan fingerprint density at radius 1 is 1.08 bits per heavy atom. The molecule has 0 unspecified atom stereocenters. The molecule has 1 N–H and O–H groups in total. The maximum atomic E-state index is 12.8. The third kappa shape index (κ3) is 3.78. The quantitative estimate of drug-likeness (QED) is 0.846. The van der Waals surface area contributed by atoms with Crippen LogP contribution in [0.5, 0.6) is 5.75 Å². The van der Waals surface area contributed by atoms with Crippen molar-refractivity contribution in [2.75, 3.05) is 38.2 Å². The summed E-state index contributed by atoms with van der Waals surface area (Å²) in [5, 5.41) is 9.37. The number of piperazine rings is 1. The van der Waals surface area contributed by atoms with E-state index in [9.17, 15) is 14.7 Å². The number of hydrogen-bond donors (Lipinski definition) is 1. The predicted octanol–water partition coefficient (Wildman–Crippen LogP) is 2.01. The van der Waals surface area contributed by atoms with Crippen LogP contribution in [-0.4, -0.2) is 55.2 Å². The number of rotatable bonds is 4. The molecule has 1 aromatic rings. The number of benzene rings is 1. The molecule has 0 saturated carbocycles. The van der Waals surface area contributed by atoms with Gasteiger partial charge in [-0.2, -0.15) is 0 Å². The van der Waals surface area contributed by atoms with Gasteiger partial charge in [-0.1, -0.05) is 18.2 Å². The smallest absolute Gasteiger partial charge is 0.307 e. The first kappa shape index (κ1) is 17.3. The summed E-state index contributed by atoms with van der Waals surface area (Å²) in [4.78, 5) is 28.3. The Kier molecular flexibility index (Phi) is 5.26. The molecule has 134 valence electrons. The molecule has 1 saturated heterocycles. The Bertz CT molecular complexity index is 665. The number of carboxylic acids is 1. The maximum Gasteiger partial charge on any atom is 0.307 e. The van der Waals surface area contributed by atoms with E-state index in [-0.39, 0.29) is 5.91 Å². The molecule has 1 heterocycles. The molecular formula is C19H24N2O4. The lowest BCUT2D eigenvalue weighted by atomic mass is 9.82. The number of amides is 1. The summed E-state index contributed by atoms with van der Waals surface area (Å²) in [6.07, 6.45) is 4.75. The number of carbonyl (C=O) groups is 2. The molecule has 1 fully saturated rings. The van der Waals surface area contributed by atoms with Crippen LogP contribution in [0.3, 0.4) is 0 Å². The van der Waals surface area contributed by atoms with Crippen LogP contribution in [0.25, 0.3) is 0 Å². The maximum absolute atomic E-state index is 12.8. The normalized spacial score (nSPS) is 23.4. The monoisotopic (exact) mass is 344 g/mol. The Morgan fingerprint density at radius 2 is 1.76 bits per heavy atom. The van der Waals surface area contributed by atoms with Crippen molar-refractivity contribution in [2.45, 2.75) is 12.8 Å². The molecule has 3 rings (SSSR count). The van der Waals surface area contributed by atoms with Crippen molar-refractivity contribution in [1.29, 1.82) is 0 Å². The number of ether oxygens (including phenoxy) is 1. The fourth-order valence-corrected chi connectivity index (χ4v) is 3.59. The van der Waals surface area contributed by atoms with Crippen LogP contribution in [0.2, 0.25) is 0 Å². The van der Waals surface area contributed by atoms with Crippen molar-refractivity contribution in [3.8, 4) is 5.75 Å². The van der Waals surface area contributed by atoms with Gasteiger partial charge in [-0.15, -0.1) is 0 Å². The highest BCUT2D eigenvalue weighted by Gasteiger charge is 2.37. The zero-order valence-corrected chi connectivity index (χ0v) is 14.4. The highest BCUT2D eigenvalue weighted by Crippen LogP contribution is 2.29. The Balaban J connectivity index is 1.62. The van der Waals surface area contributed by atoms with Gasteiger partial charge in [-0.25, -0.2) is 0 Å². The predicted molar refractivity (Wildman–Crippen MR) is 94.8 cm³/mol. The molecule has 6 heteroatoms. The molecule has 1 aliphatic carbocycles. The summed E-state index contributed by atoms with van der Waals surface area (Å²) in [5.74, 6) is -1.13. The lowest BCUT2D eigenvalue weighted by Crippen LogP contribution is -2.52. The number of allylic oxidation sites excluding steroid dienone is 2. The zero-order valence-electron chi connectivity index (χ0n) is 14.4. The lowest BCUT2D eigenvalue weighted by Gasteiger charge is -2.38. The topological polar surface area (TPSA) is 70.1 Å². The van der Waals surface area contributed by atoms with Crippen molar-refractivity contribution >= 4 is 17.6 Å². The van der Waals surface area contributed by atoms with Gasteiger partial charge in [0.1, 0.15) is 5.75 Å². The number of aliphatic carboxylic acids is 1. The number of methoxy groups -OCH3 is 1. The van der Waals surface area contributed by atoms with E-state index >= 15 is 0 Å². The third-order valence-corrected chi connectivity index (χ3v) is 5.08. The second-order valence-corrected chi connectivity index (χ2v) is 6.51. The van der Waals surface area contributed by atoms with Crippen molar-refractivity contribution in [1.82, 2.24) is 4.90 Å². The molecule has 1 aromatic carbocycles. The van der Waals surface area contributed by atoms with E-state index < -0.39 is 17.8 Å². The van der Waals surface area contributed by atoms with Crippen LogP contribution < -0.4 is 9.64 Å². The first-order valence-electron chi connectivity index (χ1n) is 8.65. The van der Waals surface area contributed by atoms with E-state index in [1.807, 2.05) is 41.3 Å². The molecule has 1 aliphatic heterocycles. The number of nitrogens with zero attached hydrogens (tertiary/aromatic N) is 2. The van der Waals surface area contributed by atoms with E-state index in [1.165, 1.54) is 0 Å². The SMILES string of the molecule is COc1cccc(N2CCN(C(=O)[C@H]3CC=CC[C@H]3C(=O)O)CC2)c1. The molecule has 1 amide bonds. The summed E-state index contributed by atoms with van der Waals surface area (Å²) in [6, 6.07) is 7.89. The van der Waals surface area contributed by atoms with E-state index in [0.717, 1.165) is 24.5 Å². The van der Waals surface area contributed by atoms with E-state index in [0.29, 0.717) is 25.9 Å². The van der Waals surface area contributed by atoms with Crippen LogP contribution in [-0.2, 0) is 9.59 Å². The number of anilines is 1. The Morgan fingerprint density at radius 3 is 2.40 bits per heavy atom. The Labute approximate surface area is 147 Å². The minimum atomic E-state index is -0.877. The zero-order chi connectivity index (χ0) is 17.8. The molecule has 0 spiro atoms. The van der Waals surface area contributed by atoms with E-state index in [4.69, 9.17) is 4.74 Å². The second-order valence-electron chi connectivity index (χ2n) is 6.51. The van der Waals surface area contributed by atoms with Crippen molar-refractivity contribution in [2.24, 2.45) is 11.8 Å². The summed E-state index contributed by atoms with van der Waals surface area (Å²) >= 11 is 0. The van der Waals surface area contributed by atoms with Gasteiger partial charge in [0.15, 0.2) is 0 Å². The number of hydrogen-bond acceptors (Lipinski definition) is 4.